The zero-order valence-corrected chi connectivity index (χ0v) is 17.2. The van der Waals surface area contributed by atoms with Crippen LogP contribution in [0.4, 0.5) is 0 Å². The maximum atomic E-state index is 6.68. The van der Waals surface area contributed by atoms with Crippen LogP contribution in [0.25, 0.3) is 5.57 Å². The molecule has 0 radical (unpaired) electrons. The van der Waals surface area contributed by atoms with Gasteiger partial charge in [-0.25, -0.2) is 4.42 Å². The van der Waals surface area contributed by atoms with Crippen molar-refractivity contribution in [2.24, 2.45) is 0 Å². The molecule has 26 heavy (non-hydrogen) atoms. The quantitative estimate of drug-likeness (QED) is 0.539. The van der Waals surface area contributed by atoms with E-state index in [2.05, 4.69) is 83.3 Å². The third-order valence-corrected chi connectivity index (χ3v) is 6.17. The third-order valence-electron chi connectivity index (χ3n) is 5.30. The summed E-state index contributed by atoms with van der Waals surface area (Å²) in [6.45, 7) is 13.2. The Morgan fingerprint density at radius 3 is 2.31 bits per heavy atom. The number of aryl methyl sites for hydroxylation is 3. The molecule has 0 saturated carbocycles. The van der Waals surface area contributed by atoms with Crippen LogP contribution < -0.4 is 0 Å². The maximum Gasteiger partial charge on any atom is 0.370 e. The molecule has 1 aromatic heterocycles. The lowest BCUT2D eigenvalue weighted by Gasteiger charge is -2.20. The monoisotopic (exact) mass is 361 g/mol. The van der Waals surface area contributed by atoms with Crippen molar-refractivity contribution >= 4 is 22.7 Å². The van der Waals surface area contributed by atoms with E-state index in [9.17, 15) is 0 Å². The highest BCUT2D eigenvalue weighted by Crippen LogP contribution is 2.47. The molecule has 1 aromatic carbocycles. The van der Waals surface area contributed by atoms with Gasteiger partial charge in [-0.3, -0.25) is 0 Å². The van der Waals surface area contributed by atoms with Crippen molar-refractivity contribution < 1.29 is 4.42 Å². The van der Waals surface area contributed by atoms with E-state index < -0.39 is 5.60 Å². The van der Waals surface area contributed by atoms with Crippen LogP contribution in [0.3, 0.4) is 0 Å². The summed E-state index contributed by atoms with van der Waals surface area (Å²) < 4.78 is 6.68. The Kier molecular flexibility index (Phi) is 3.92. The second-order valence-electron chi connectivity index (χ2n) is 7.75. The van der Waals surface area contributed by atoms with E-state index in [4.69, 9.17) is 4.42 Å². The lowest BCUT2D eigenvalue weighted by molar-refractivity contribution is -0.339. The molecule has 2 aliphatic rings. The molecule has 2 heteroatoms. The van der Waals surface area contributed by atoms with Gasteiger partial charge in [0.1, 0.15) is 10.5 Å². The summed E-state index contributed by atoms with van der Waals surface area (Å²) in [6.07, 6.45) is 4.53. The Bertz CT molecular complexity index is 1010. The van der Waals surface area contributed by atoms with Crippen molar-refractivity contribution in [3.63, 3.8) is 0 Å². The van der Waals surface area contributed by atoms with Crippen LogP contribution in [-0.2, 0) is 0 Å². The van der Waals surface area contributed by atoms with E-state index >= 15 is 0 Å². The van der Waals surface area contributed by atoms with Crippen molar-refractivity contribution in [3.8, 4) is 0 Å². The molecule has 1 atom stereocenters. The number of allylic oxidation sites excluding steroid dienone is 3. The summed E-state index contributed by atoms with van der Waals surface area (Å²) in [6, 6.07) is 8.82. The number of hydrogen-bond acceptors (Lipinski definition) is 1. The molecule has 0 N–H and O–H groups in total. The minimum Gasteiger partial charge on any atom is -0.238 e. The summed E-state index contributed by atoms with van der Waals surface area (Å²) in [5.74, 6) is 1.02. The van der Waals surface area contributed by atoms with Crippen LogP contribution in [0.5, 0.6) is 0 Å². The second kappa shape index (κ2) is 5.92. The van der Waals surface area contributed by atoms with Gasteiger partial charge in [-0.15, -0.1) is 11.3 Å². The van der Waals surface area contributed by atoms with Crippen LogP contribution in [0, 0.1) is 20.8 Å². The van der Waals surface area contributed by atoms with Gasteiger partial charge in [-0.05, 0) is 73.9 Å². The molecule has 1 nitrogen and oxygen atoms in total. The van der Waals surface area contributed by atoms with Gasteiger partial charge in [-0.2, -0.15) is 0 Å². The zero-order chi connectivity index (χ0) is 18.6. The summed E-state index contributed by atoms with van der Waals surface area (Å²) in [5.41, 5.74) is 9.98. The zero-order valence-electron chi connectivity index (χ0n) is 16.4. The number of rotatable bonds is 2. The molecule has 4 rings (SSSR count). The van der Waals surface area contributed by atoms with Crippen molar-refractivity contribution in [3.05, 3.63) is 85.6 Å². The van der Waals surface area contributed by atoms with Crippen molar-refractivity contribution in [2.75, 3.05) is 0 Å². The van der Waals surface area contributed by atoms with Gasteiger partial charge < -0.3 is 0 Å². The highest BCUT2D eigenvalue weighted by atomic mass is 32.1. The van der Waals surface area contributed by atoms with Crippen molar-refractivity contribution in [1.29, 1.82) is 0 Å². The first-order chi connectivity index (χ1) is 12.3. The number of thiophene rings is 1. The van der Waals surface area contributed by atoms with Gasteiger partial charge in [0.25, 0.3) is 0 Å². The van der Waals surface area contributed by atoms with Crippen molar-refractivity contribution in [1.82, 2.24) is 0 Å². The Labute approximate surface area is 160 Å². The molecule has 1 unspecified atom stereocenters. The number of ketones is 1. The molecule has 2 aromatic rings. The Hall–Kier alpha value is -2.19. The number of carbonyl (C=O) groups excluding carboxylic acids is 1. The number of benzene rings is 1. The van der Waals surface area contributed by atoms with Crippen LogP contribution in [0.1, 0.15) is 52.3 Å². The second-order valence-corrected chi connectivity index (χ2v) is 8.70. The fourth-order valence-corrected chi connectivity index (χ4v) is 5.36. The molecular weight excluding hydrogens is 336 g/mol. The number of fused-ring (bicyclic) bond motifs is 1. The van der Waals surface area contributed by atoms with Gasteiger partial charge in [0.15, 0.2) is 0 Å². The van der Waals surface area contributed by atoms with E-state index in [-0.39, 0.29) is 0 Å². The minimum atomic E-state index is -0.401. The Morgan fingerprint density at radius 2 is 1.69 bits per heavy atom. The normalized spacial score (nSPS) is 22.2. The standard InChI is InChI=1S/C24H25OS/c1-14-10-16(3)20(17(4)11-14)21-22-18(5)12-15(2)13-24(22,6)25-23(21)19-8-7-9-26-19/h7-13H,1-6H3/q+1. The van der Waals surface area contributed by atoms with E-state index in [1.54, 1.807) is 11.3 Å². The Balaban J connectivity index is 2.09. The highest BCUT2D eigenvalue weighted by Gasteiger charge is 2.52. The topological polar surface area (TPSA) is 11.3 Å². The maximum absolute atomic E-state index is 6.68. The molecule has 2 heterocycles. The molecule has 1 aliphatic heterocycles. The van der Waals surface area contributed by atoms with Crippen LogP contribution >= 0.6 is 11.3 Å². The fraction of sp³-hybridized carbons (Fsp3) is 0.292. The predicted octanol–water partition coefficient (Wildman–Crippen LogP) is 6.52. The lowest BCUT2D eigenvalue weighted by atomic mass is 9.78. The SMILES string of the molecule is CC1=CC2(C)[O+]=C(c3cccs3)C(c3c(C)cc(C)cc3C)=C2C(C)=C1. The van der Waals surface area contributed by atoms with Gasteiger partial charge >= 0.3 is 11.4 Å². The largest absolute Gasteiger partial charge is 0.370 e. The summed E-state index contributed by atoms with van der Waals surface area (Å²) in [5, 5.41) is 2.12. The van der Waals surface area contributed by atoms with Gasteiger partial charge in [0.2, 0.25) is 0 Å². The highest BCUT2D eigenvalue weighted by molar-refractivity contribution is 7.12. The summed E-state index contributed by atoms with van der Waals surface area (Å²) >= 11 is 1.74. The molecule has 0 spiro atoms. The van der Waals surface area contributed by atoms with E-state index in [0.717, 1.165) is 5.78 Å². The first-order valence-corrected chi connectivity index (χ1v) is 9.99. The average molecular weight is 362 g/mol. The fourth-order valence-electron chi connectivity index (χ4n) is 4.65. The van der Waals surface area contributed by atoms with Gasteiger partial charge in [0.05, 0.1) is 5.57 Å². The first kappa shape index (κ1) is 17.2. The smallest absolute Gasteiger partial charge is 0.238 e. The predicted molar refractivity (Wildman–Crippen MR) is 112 cm³/mol. The first-order valence-electron chi connectivity index (χ1n) is 9.11. The van der Waals surface area contributed by atoms with E-state index in [0.29, 0.717) is 0 Å². The molecule has 132 valence electrons. The van der Waals surface area contributed by atoms with Crippen molar-refractivity contribution in [2.45, 2.75) is 47.1 Å². The summed E-state index contributed by atoms with van der Waals surface area (Å²) in [4.78, 5) is 1.20. The number of hydrogen-bond donors (Lipinski definition) is 0. The van der Waals surface area contributed by atoms with E-state index in [1.165, 1.54) is 49.4 Å². The van der Waals surface area contributed by atoms with Gasteiger partial charge in [-0.1, -0.05) is 29.8 Å². The van der Waals surface area contributed by atoms with Crippen LogP contribution in [-0.4, -0.2) is 11.4 Å². The molecular formula is C24H25OS+. The molecule has 0 saturated heterocycles. The van der Waals surface area contributed by atoms with Gasteiger partial charge in [0, 0.05) is 13.0 Å². The molecule has 0 fully saturated rings. The summed E-state index contributed by atoms with van der Waals surface area (Å²) in [7, 11) is 0. The molecule has 0 amide bonds. The van der Waals surface area contributed by atoms with Crippen LogP contribution in [0.15, 0.2) is 58.5 Å². The minimum absolute atomic E-state index is 0.401. The van der Waals surface area contributed by atoms with Crippen LogP contribution in [0.2, 0.25) is 0 Å². The Morgan fingerprint density at radius 1 is 1.00 bits per heavy atom. The lowest BCUT2D eigenvalue weighted by Crippen LogP contribution is -2.24. The molecule has 1 aliphatic carbocycles. The van der Waals surface area contributed by atoms with E-state index in [1.807, 2.05) is 0 Å². The average Bonchev–Trinajstić information content (AvgIpc) is 3.12. The molecule has 0 bridgehead atoms. The third kappa shape index (κ3) is 2.55.